The number of ether oxygens (including phenoxy) is 6. The summed E-state index contributed by atoms with van der Waals surface area (Å²) in [6.45, 7) is 6.69. The fraction of sp³-hybridized carbons (Fsp3) is 0.394. The van der Waals surface area contributed by atoms with Gasteiger partial charge in [-0.3, -0.25) is 14.4 Å². The molecule has 3 rings (SSSR count). The molecule has 0 radical (unpaired) electrons. The van der Waals surface area contributed by atoms with Crippen LogP contribution in [-0.4, -0.2) is 70.4 Å². The molecule has 2 amide bonds. The van der Waals surface area contributed by atoms with Crippen LogP contribution in [0.5, 0.6) is 34.5 Å². The van der Waals surface area contributed by atoms with Gasteiger partial charge in [-0.2, -0.15) is 0 Å². The molecular weight excluding hydrogens is 582 g/mol. The molecule has 12 heteroatoms. The molecule has 0 fully saturated rings. The van der Waals surface area contributed by atoms with Gasteiger partial charge in [0.05, 0.1) is 35.5 Å². The van der Waals surface area contributed by atoms with E-state index in [0.29, 0.717) is 23.0 Å². The summed E-state index contributed by atoms with van der Waals surface area (Å²) in [6, 6.07) is 11.1. The Morgan fingerprint density at radius 2 is 1.20 bits per heavy atom. The number of pyridine rings is 1. The van der Waals surface area contributed by atoms with Gasteiger partial charge >= 0.3 is 5.97 Å². The van der Waals surface area contributed by atoms with Crippen molar-refractivity contribution in [1.82, 2.24) is 15.6 Å². The lowest BCUT2D eigenvalue weighted by molar-refractivity contribution is -0.132. The highest BCUT2D eigenvalue weighted by molar-refractivity contribution is 5.99. The van der Waals surface area contributed by atoms with Crippen LogP contribution in [0.25, 0.3) is 0 Å². The van der Waals surface area contributed by atoms with Gasteiger partial charge in [-0.1, -0.05) is 26.0 Å². The number of methoxy groups -OCH3 is 5. The van der Waals surface area contributed by atoms with Crippen LogP contribution < -0.4 is 39.1 Å². The third-order valence-corrected chi connectivity index (χ3v) is 7.19. The minimum Gasteiger partial charge on any atom is -0.493 e. The fourth-order valence-corrected chi connectivity index (χ4v) is 5.00. The van der Waals surface area contributed by atoms with E-state index in [4.69, 9.17) is 28.4 Å². The van der Waals surface area contributed by atoms with Crippen molar-refractivity contribution in [2.45, 2.75) is 45.7 Å². The number of carbonyl (C=O) groups excluding carboxylic acids is 3. The predicted octanol–water partition coefficient (Wildman–Crippen LogP) is 4.14. The monoisotopic (exact) mass is 623 g/mol. The zero-order valence-electron chi connectivity index (χ0n) is 27.0. The molecule has 0 saturated carbocycles. The van der Waals surface area contributed by atoms with Gasteiger partial charge in [-0.15, -0.1) is 0 Å². The molecule has 1 aromatic heterocycles. The van der Waals surface area contributed by atoms with Crippen LogP contribution in [0.4, 0.5) is 0 Å². The Morgan fingerprint density at radius 1 is 0.689 bits per heavy atom. The van der Waals surface area contributed by atoms with Crippen LogP contribution in [0.3, 0.4) is 0 Å². The normalized spacial score (nSPS) is 12.2. The van der Waals surface area contributed by atoms with E-state index in [1.807, 2.05) is 31.2 Å². The molecule has 242 valence electrons. The molecule has 0 aliphatic heterocycles. The maximum Gasteiger partial charge on any atom is 0.308 e. The molecule has 0 saturated heterocycles. The van der Waals surface area contributed by atoms with E-state index >= 15 is 0 Å². The summed E-state index contributed by atoms with van der Waals surface area (Å²) in [5.74, 6) is -0.286. The van der Waals surface area contributed by atoms with Gasteiger partial charge in [0.1, 0.15) is 6.04 Å². The number of benzene rings is 2. The molecule has 0 aliphatic carbocycles. The molecule has 0 bridgehead atoms. The van der Waals surface area contributed by atoms with Gasteiger partial charge in [0.15, 0.2) is 34.4 Å². The van der Waals surface area contributed by atoms with E-state index in [0.717, 1.165) is 11.1 Å². The molecule has 2 atom stereocenters. The average molecular weight is 624 g/mol. The highest BCUT2D eigenvalue weighted by Gasteiger charge is 2.32. The number of amides is 2. The van der Waals surface area contributed by atoms with Gasteiger partial charge in [0, 0.05) is 31.1 Å². The second-order valence-electron chi connectivity index (χ2n) is 10.5. The quantitative estimate of drug-likeness (QED) is 0.252. The topological polar surface area (TPSA) is 144 Å². The Bertz CT molecular complexity index is 1450. The van der Waals surface area contributed by atoms with Crippen molar-refractivity contribution in [2.75, 3.05) is 35.5 Å². The highest BCUT2D eigenvalue weighted by Crippen LogP contribution is 2.38. The fourth-order valence-electron chi connectivity index (χ4n) is 5.00. The molecule has 2 aromatic carbocycles. The minimum absolute atomic E-state index is 0.136. The zero-order valence-corrected chi connectivity index (χ0v) is 27.0. The number of esters is 1. The lowest BCUT2D eigenvalue weighted by Gasteiger charge is -2.30. The summed E-state index contributed by atoms with van der Waals surface area (Å²) in [6.07, 6.45) is 1.35. The van der Waals surface area contributed by atoms with Gasteiger partial charge in [0.25, 0.3) is 5.91 Å². The molecule has 45 heavy (non-hydrogen) atoms. The van der Waals surface area contributed by atoms with Crippen molar-refractivity contribution in [1.29, 1.82) is 0 Å². The third kappa shape index (κ3) is 8.14. The van der Waals surface area contributed by atoms with Crippen LogP contribution in [0.15, 0.2) is 48.7 Å². The third-order valence-electron chi connectivity index (χ3n) is 7.19. The van der Waals surface area contributed by atoms with E-state index in [-0.39, 0.29) is 29.0 Å². The predicted molar refractivity (Wildman–Crippen MR) is 167 cm³/mol. The largest absolute Gasteiger partial charge is 0.493 e. The highest BCUT2D eigenvalue weighted by atomic mass is 16.6. The zero-order chi connectivity index (χ0) is 33.3. The Kier molecular flexibility index (Phi) is 12.0. The molecule has 12 nitrogen and oxygen atoms in total. The second-order valence-corrected chi connectivity index (χ2v) is 10.5. The first-order valence-corrected chi connectivity index (χ1v) is 14.3. The SMILES string of the molecule is COc1ccc(C(c2ccc(OC)c(OC)c2)[C@H](C)NC(=O)[C@@H](NC(=O)c2nccc(OC)c2OC(C)=O)C(C)C)cc1OC. The number of rotatable bonds is 14. The Hall–Kier alpha value is -5.00. The van der Waals surface area contributed by atoms with Crippen molar-refractivity contribution in [3.63, 3.8) is 0 Å². The molecular formula is C33H41N3O9. The number of nitrogens with zero attached hydrogens (tertiary/aromatic N) is 1. The maximum absolute atomic E-state index is 13.8. The molecule has 0 aliphatic rings. The number of aromatic nitrogens is 1. The van der Waals surface area contributed by atoms with Gasteiger partial charge < -0.3 is 39.1 Å². The number of carbonyl (C=O) groups is 3. The number of nitrogens with one attached hydrogen (secondary N) is 2. The maximum atomic E-state index is 13.8. The minimum atomic E-state index is -0.963. The molecule has 3 aromatic rings. The van der Waals surface area contributed by atoms with E-state index in [2.05, 4.69) is 15.6 Å². The molecule has 0 spiro atoms. The van der Waals surface area contributed by atoms with E-state index in [1.165, 1.54) is 26.3 Å². The van der Waals surface area contributed by atoms with Crippen LogP contribution >= 0.6 is 0 Å². The summed E-state index contributed by atoms with van der Waals surface area (Å²) in [5, 5.41) is 5.84. The number of hydrogen-bond acceptors (Lipinski definition) is 10. The van der Waals surface area contributed by atoms with Crippen molar-refractivity contribution in [3.05, 3.63) is 65.5 Å². The van der Waals surface area contributed by atoms with Gasteiger partial charge in [-0.05, 0) is 48.2 Å². The van der Waals surface area contributed by atoms with E-state index in [1.54, 1.807) is 54.4 Å². The van der Waals surface area contributed by atoms with Crippen LogP contribution in [0.1, 0.15) is 55.2 Å². The molecule has 1 heterocycles. The van der Waals surface area contributed by atoms with Gasteiger partial charge in [0.2, 0.25) is 11.7 Å². The lowest BCUT2D eigenvalue weighted by atomic mass is 9.85. The van der Waals surface area contributed by atoms with Crippen molar-refractivity contribution < 1.29 is 42.8 Å². The first kappa shape index (κ1) is 34.5. The standard InChI is InChI=1S/C33H41N3O9/c1-18(2)29(36-33(39)30-31(45-20(4)37)25(42-7)14-15-34-30)32(38)35-19(3)28(21-10-12-23(40-5)26(16-21)43-8)22-11-13-24(41-6)27(17-22)44-9/h10-19,28-29H,1-9H3,(H,35,38)(H,36,39)/t19-,29-/m0/s1. The Labute approximate surface area is 263 Å². The first-order valence-electron chi connectivity index (χ1n) is 14.3. The smallest absolute Gasteiger partial charge is 0.308 e. The van der Waals surface area contributed by atoms with Crippen LogP contribution in [0, 0.1) is 5.92 Å². The van der Waals surface area contributed by atoms with Crippen molar-refractivity contribution in [3.8, 4) is 34.5 Å². The Morgan fingerprint density at radius 3 is 1.64 bits per heavy atom. The number of hydrogen-bond donors (Lipinski definition) is 2. The molecule has 0 unspecified atom stereocenters. The van der Waals surface area contributed by atoms with Crippen LogP contribution in [-0.2, 0) is 9.59 Å². The van der Waals surface area contributed by atoms with Gasteiger partial charge in [-0.25, -0.2) is 4.98 Å². The first-order chi connectivity index (χ1) is 21.5. The summed E-state index contributed by atoms with van der Waals surface area (Å²) in [5.41, 5.74) is 1.48. The second kappa shape index (κ2) is 15.6. The average Bonchev–Trinajstić information content (AvgIpc) is 3.02. The lowest BCUT2D eigenvalue weighted by Crippen LogP contribution is -2.52. The van der Waals surface area contributed by atoms with E-state index < -0.39 is 29.9 Å². The Balaban J connectivity index is 1.98. The van der Waals surface area contributed by atoms with Crippen LogP contribution in [0.2, 0.25) is 0 Å². The van der Waals surface area contributed by atoms with Crippen molar-refractivity contribution in [2.24, 2.45) is 5.92 Å². The van der Waals surface area contributed by atoms with E-state index in [9.17, 15) is 14.4 Å². The summed E-state index contributed by atoms with van der Waals surface area (Å²) in [4.78, 5) is 43.1. The van der Waals surface area contributed by atoms with Crippen molar-refractivity contribution >= 4 is 17.8 Å². The molecule has 2 N–H and O–H groups in total. The summed E-state index contributed by atoms with van der Waals surface area (Å²) >= 11 is 0. The summed E-state index contributed by atoms with van der Waals surface area (Å²) < 4.78 is 32.5. The summed E-state index contributed by atoms with van der Waals surface area (Å²) in [7, 11) is 7.60.